The molecule has 2 aromatic heterocycles. The van der Waals surface area contributed by atoms with Crippen molar-refractivity contribution in [3.05, 3.63) is 66.0 Å². The summed E-state index contributed by atoms with van der Waals surface area (Å²) in [4.78, 5) is 35.5. The minimum atomic E-state index is -1.02. The van der Waals surface area contributed by atoms with Crippen LogP contribution in [0.15, 0.2) is 54.7 Å². The first kappa shape index (κ1) is 21.1. The topological polar surface area (TPSA) is 87.3 Å². The van der Waals surface area contributed by atoms with Crippen LogP contribution < -0.4 is 5.32 Å². The minimum absolute atomic E-state index is 0.111. The Bertz CT molecular complexity index is 1060. The first-order chi connectivity index (χ1) is 14.9. The van der Waals surface area contributed by atoms with Crippen molar-refractivity contribution in [1.29, 1.82) is 0 Å². The molecular formula is C24H28N4O3. The van der Waals surface area contributed by atoms with Gasteiger partial charge in [0.05, 0.1) is 13.2 Å². The van der Waals surface area contributed by atoms with Gasteiger partial charge in [-0.15, -0.1) is 0 Å². The van der Waals surface area contributed by atoms with Crippen molar-refractivity contribution in [2.24, 2.45) is 5.92 Å². The first-order valence-corrected chi connectivity index (χ1v) is 10.6. The fraction of sp³-hybridized carbons (Fsp3) is 0.375. The summed E-state index contributed by atoms with van der Waals surface area (Å²) in [6, 6.07) is 15.0. The SMILES string of the molecule is CC(C)(NC(=O)c1ccccc1)C(=O)N1CCOC[C@@H](Cc2ccc3cc[nH]c3n2)C1. The second-order valence-electron chi connectivity index (χ2n) is 8.56. The number of rotatable bonds is 5. The molecule has 1 saturated heterocycles. The van der Waals surface area contributed by atoms with Crippen molar-refractivity contribution in [2.75, 3.05) is 26.3 Å². The average Bonchev–Trinajstić information content (AvgIpc) is 3.11. The summed E-state index contributed by atoms with van der Waals surface area (Å²) >= 11 is 0. The summed E-state index contributed by atoms with van der Waals surface area (Å²) in [7, 11) is 0. The molecule has 2 amide bonds. The van der Waals surface area contributed by atoms with E-state index in [2.05, 4.69) is 21.4 Å². The Balaban J connectivity index is 1.43. The number of amides is 2. The van der Waals surface area contributed by atoms with Crippen molar-refractivity contribution in [1.82, 2.24) is 20.2 Å². The number of aromatic amines is 1. The van der Waals surface area contributed by atoms with Crippen LogP contribution in [0.1, 0.15) is 29.9 Å². The Kier molecular flexibility index (Phi) is 6.04. The van der Waals surface area contributed by atoms with Crippen molar-refractivity contribution in [3.63, 3.8) is 0 Å². The van der Waals surface area contributed by atoms with Crippen molar-refractivity contribution in [3.8, 4) is 0 Å². The van der Waals surface area contributed by atoms with Crippen molar-refractivity contribution < 1.29 is 14.3 Å². The third-order valence-electron chi connectivity index (χ3n) is 5.59. The number of pyridine rings is 1. The Hall–Kier alpha value is -3.19. The van der Waals surface area contributed by atoms with Crippen LogP contribution in [0.25, 0.3) is 11.0 Å². The number of H-pyrrole nitrogens is 1. The average molecular weight is 421 g/mol. The molecule has 0 spiro atoms. The molecule has 0 radical (unpaired) electrons. The number of nitrogens with one attached hydrogen (secondary N) is 2. The zero-order valence-electron chi connectivity index (χ0n) is 17.9. The number of aromatic nitrogens is 2. The van der Waals surface area contributed by atoms with E-state index in [9.17, 15) is 9.59 Å². The van der Waals surface area contributed by atoms with Crippen molar-refractivity contribution in [2.45, 2.75) is 25.8 Å². The monoisotopic (exact) mass is 420 g/mol. The van der Waals surface area contributed by atoms with Crippen LogP contribution in [0.5, 0.6) is 0 Å². The van der Waals surface area contributed by atoms with E-state index in [1.807, 2.05) is 24.4 Å². The zero-order chi connectivity index (χ0) is 21.8. The number of ether oxygens (including phenoxy) is 1. The Morgan fingerprint density at radius 2 is 2.00 bits per heavy atom. The quantitative estimate of drug-likeness (QED) is 0.665. The fourth-order valence-corrected chi connectivity index (χ4v) is 3.96. The first-order valence-electron chi connectivity index (χ1n) is 10.6. The van der Waals surface area contributed by atoms with Gasteiger partial charge in [-0.2, -0.15) is 0 Å². The van der Waals surface area contributed by atoms with Gasteiger partial charge in [0.2, 0.25) is 5.91 Å². The highest BCUT2D eigenvalue weighted by molar-refractivity contribution is 5.98. The van der Waals surface area contributed by atoms with E-state index >= 15 is 0 Å². The van der Waals surface area contributed by atoms with Crippen LogP contribution in [0, 0.1) is 5.92 Å². The molecule has 7 heteroatoms. The smallest absolute Gasteiger partial charge is 0.252 e. The fourth-order valence-electron chi connectivity index (χ4n) is 3.96. The number of carbonyl (C=O) groups excluding carboxylic acids is 2. The molecule has 1 fully saturated rings. The predicted molar refractivity (Wildman–Crippen MR) is 119 cm³/mol. The molecular weight excluding hydrogens is 392 g/mol. The van der Waals surface area contributed by atoms with Gasteiger partial charge >= 0.3 is 0 Å². The molecule has 1 aliphatic heterocycles. The molecule has 3 aromatic rings. The minimum Gasteiger partial charge on any atom is -0.379 e. The number of fused-ring (bicyclic) bond motifs is 1. The Morgan fingerprint density at radius 3 is 2.81 bits per heavy atom. The molecule has 0 aliphatic carbocycles. The maximum atomic E-state index is 13.3. The van der Waals surface area contributed by atoms with E-state index in [1.165, 1.54) is 0 Å². The highest BCUT2D eigenvalue weighted by Gasteiger charge is 2.35. The molecule has 7 nitrogen and oxygen atoms in total. The summed E-state index contributed by atoms with van der Waals surface area (Å²) in [5.74, 6) is -0.239. The highest BCUT2D eigenvalue weighted by Crippen LogP contribution is 2.19. The number of carbonyl (C=O) groups is 2. The lowest BCUT2D eigenvalue weighted by molar-refractivity contribution is -0.137. The maximum absolute atomic E-state index is 13.3. The molecule has 4 rings (SSSR count). The van der Waals surface area contributed by atoms with E-state index < -0.39 is 5.54 Å². The van der Waals surface area contributed by atoms with Gasteiger partial charge in [-0.1, -0.05) is 18.2 Å². The molecule has 31 heavy (non-hydrogen) atoms. The van der Waals surface area contributed by atoms with Crippen LogP contribution in [-0.4, -0.2) is 58.5 Å². The van der Waals surface area contributed by atoms with E-state index in [-0.39, 0.29) is 17.7 Å². The molecule has 0 saturated carbocycles. The van der Waals surface area contributed by atoms with Crippen LogP contribution in [0.3, 0.4) is 0 Å². The molecule has 162 valence electrons. The third-order valence-corrected chi connectivity index (χ3v) is 5.59. The third kappa shape index (κ3) is 4.94. The molecule has 0 bridgehead atoms. The van der Waals surface area contributed by atoms with Gasteiger partial charge in [-0.25, -0.2) is 4.98 Å². The van der Waals surface area contributed by atoms with Gasteiger partial charge in [-0.3, -0.25) is 9.59 Å². The molecule has 1 aromatic carbocycles. The standard InChI is InChI=1S/C24H28N4O3/c1-24(2,27-22(29)19-6-4-3-5-7-19)23(30)28-12-13-31-16-17(15-28)14-20-9-8-18-10-11-25-21(18)26-20/h3-11,17H,12-16H2,1-2H3,(H,25,26)(H,27,29)/t17-/m0/s1. The normalized spacial score (nSPS) is 17.4. The maximum Gasteiger partial charge on any atom is 0.252 e. The molecule has 3 heterocycles. The molecule has 2 N–H and O–H groups in total. The lowest BCUT2D eigenvalue weighted by Gasteiger charge is -2.33. The second-order valence-corrected chi connectivity index (χ2v) is 8.56. The predicted octanol–water partition coefficient (Wildman–Crippen LogP) is 2.79. The van der Waals surface area contributed by atoms with Gasteiger partial charge in [0.15, 0.2) is 0 Å². The number of nitrogens with zero attached hydrogens (tertiary/aromatic N) is 2. The van der Waals surface area contributed by atoms with Crippen molar-refractivity contribution >= 4 is 22.8 Å². The van der Waals surface area contributed by atoms with Gasteiger partial charge in [0.25, 0.3) is 5.91 Å². The van der Waals surface area contributed by atoms with Crippen LogP contribution in [-0.2, 0) is 16.0 Å². The Morgan fingerprint density at radius 1 is 1.19 bits per heavy atom. The van der Waals surface area contributed by atoms with E-state index in [1.54, 1.807) is 43.0 Å². The van der Waals surface area contributed by atoms with Gasteiger partial charge in [0.1, 0.15) is 11.2 Å². The number of hydrogen-bond donors (Lipinski definition) is 2. The summed E-state index contributed by atoms with van der Waals surface area (Å²) in [5, 5.41) is 3.96. The molecule has 0 unspecified atom stereocenters. The van der Waals surface area contributed by atoms with E-state index in [0.717, 1.165) is 23.1 Å². The van der Waals surface area contributed by atoms with Crippen LogP contribution in [0.4, 0.5) is 0 Å². The summed E-state index contributed by atoms with van der Waals surface area (Å²) in [6.45, 7) is 5.62. The van der Waals surface area contributed by atoms with E-state index in [0.29, 0.717) is 31.9 Å². The largest absolute Gasteiger partial charge is 0.379 e. The Labute approximate surface area is 181 Å². The lowest BCUT2D eigenvalue weighted by Crippen LogP contribution is -2.56. The van der Waals surface area contributed by atoms with Gasteiger partial charge in [-0.05, 0) is 50.6 Å². The number of hydrogen-bond acceptors (Lipinski definition) is 4. The lowest BCUT2D eigenvalue weighted by atomic mass is 9.99. The van der Waals surface area contributed by atoms with Crippen LogP contribution >= 0.6 is 0 Å². The van der Waals surface area contributed by atoms with Crippen LogP contribution in [0.2, 0.25) is 0 Å². The molecule has 1 atom stereocenters. The van der Waals surface area contributed by atoms with Gasteiger partial charge < -0.3 is 19.9 Å². The summed E-state index contributed by atoms with van der Waals surface area (Å²) in [5.41, 5.74) is 1.34. The highest BCUT2D eigenvalue weighted by atomic mass is 16.5. The van der Waals surface area contributed by atoms with E-state index in [4.69, 9.17) is 4.74 Å². The zero-order valence-corrected chi connectivity index (χ0v) is 17.9. The summed E-state index contributed by atoms with van der Waals surface area (Å²) in [6.07, 6.45) is 2.60. The summed E-state index contributed by atoms with van der Waals surface area (Å²) < 4.78 is 5.78. The van der Waals surface area contributed by atoms with Gasteiger partial charge in [0, 0.05) is 41.8 Å². The second kappa shape index (κ2) is 8.89. The number of benzene rings is 1. The molecule has 1 aliphatic rings.